The summed E-state index contributed by atoms with van der Waals surface area (Å²) in [6, 6.07) is 9.92. The van der Waals surface area contributed by atoms with E-state index in [4.69, 9.17) is 26.0 Å². The lowest BCUT2D eigenvalue weighted by Crippen LogP contribution is -2.41. The molecule has 0 saturated carbocycles. The quantitative estimate of drug-likeness (QED) is 0.897. The summed E-state index contributed by atoms with van der Waals surface area (Å²) in [5.74, 6) is 0.870. The fourth-order valence-electron chi connectivity index (χ4n) is 2.88. The number of hydrogen-bond donors (Lipinski definition) is 1. The Labute approximate surface area is 146 Å². The molecule has 6 nitrogen and oxygen atoms in total. The molecule has 0 aliphatic carbocycles. The zero-order valence-electron chi connectivity index (χ0n) is 13.5. The molecule has 0 unspecified atom stereocenters. The highest BCUT2D eigenvalue weighted by molar-refractivity contribution is 6.31. The minimum Gasteiger partial charge on any atom is -0.424 e. The average molecular weight is 347 g/mol. The first-order chi connectivity index (χ1) is 11.7. The van der Waals surface area contributed by atoms with Crippen LogP contribution in [-0.2, 0) is 4.74 Å². The summed E-state index contributed by atoms with van der Waals surface area (Å²) in [5, 5.41) is 13.1. The number of aryl methyl sites for hydroxylation is 1. The maximum atomic E-state index is 9.15. The van der Waals surface area contributed by atoms with E-state index in [-0.39, 0.29) is 11.7 Å². The van der Waals surface area contributed by atoms with Crippen molar-refractivity contribution in [1.82, 2.24) is 9.88 Å². The molecule has 1 atom stereocenters. The predicted molar refractivity (Wildman–Crippen MR) is 91.0 cm³/mol. The van der Waals surface area contributed by atoms with Gasteiger partial charge in [-0.15, -0.1) is 0 Å². The van der Waals surface area contributed by atoms with Crippen LogP contribution in [0.25, 0.3) is 0 Å². The molecule has 3 rings (SSSR count). The second-order valence-corrected chi connectivity index (χ2v) is 6.00. The molecule has 1 saturated heterocycles. The van der Waals surface area contributed by atoms with Gasteiger partial charge in [-0.05, 0) is 11.6 Å². The summed E-state index contributed by atoms with van der Waals surface area (Å²) < 4.78 is 10.9. The summed E-state index contributed by atoms with van der Waals surface area (Å²) in [7, 11) is 0. The van der Waals surface area contributed by atoms with E-state index in [1.807, 2.05) is 30.3 Å². The molecule has 1 aliphatic heterocycles. The molecular weight excluding hydrogens is 328 g/mol. The van der Waals surface area contributed by atoms with E-state index in [1.165, 1.54) is 0 Å². The largest absolute Gasteiger partial charge is 0.424 e. The second kappa shape index (κ2) is 7.67. The molecule has 2 heterocycles. The van der Waals surface area contributed by atoms with Gasteiger partial charge in [0.25, 0.3) is 0 Å². The first-order valence-corrected chi connectivity index (χ1v) is 8.24. The van der Waals surface area contributed by atoms with E-state index in [2.05, 4.69) is 15.2 Å². The van der Waals surface area contributed by atoms with Gasteiger partial charge in [0.05, 0.1) is 19.3 Å². The number of nitrogens with zero attached hydrogens (tertiary/aromatic N) is 3. The van der Waals surface area contributed by atoms with Gasteiger partial charge in [0.15, 0.2) is 5.89 Å². The molecule has 1 aromatic carbocycles. The van der Waals surface area contributed by atoms with Gasteiger partial charge in [-0.2, -0.15) is 5.26 Å². The van der Waals surface area contributed by atoms with Crippen LogP contribution in [0, 0.1) is 18.3 Å². The Hall–Kier alpha value is -2.07. The molecule has 1 aromatic heterocycles. The highest BCUT2D eigenvalue weighted by Crippen LogP contribution is 2.29. The van der Waals surface area contributed by atoms with Crippen molar-refractivity contribution < 1.29 is 9.15 Å². The Kier molecular flexibility index (Phi) is 5.36. The van der Waals surface area contributed by atoms with E-state index >= 15 is 0 Å². The van der Waals surface area contributed by atoms with Gasteiger partial charge in [-0.25, -0.2) is 4.98 Å². The molecule has 0 amide bonds. The monoisotopic (exact) mass is 346 g/mol. The standard InChI is InChI=1S/C17H19ClN4O2/c1-12-21-15(10-19)17(24-12)20-11-16(22-6-8-23-9-7-22)13-4-2-3-5-14(13)18/h2-5,16,20H,6-9,11H2,1H3/t16-/m1/s1. The van der Waals surface area contributed by atoms with Gasteiger partial charge < -0.3 is 14.5 Å². The Morgan fingerprint density at radius 3 is 2.83 bits per heavy atom. The normalized spacial score (nSPS) is 16.5. The Morgan fingerprint density at radius 1 is 1.38 bits per heavy atom. The number of anilines is 1. The third kappa shape index (κ3) is 3.70. The number of morpholine rings is 1. The van der Waals surface area contributed by atoms with Crippen LogP contribution in [0.4, 0.5) is 5.88 Å². The minimum atomic E-state index is 0.0551. The summed E-state index contributed by atoms with van der Waals surface area (Å²) in [6.45, 7) is 5.35. The van der Waals surface area contributed by atoms with Crippen LogP contribution in [-0.4, -0.2) is 42.7 Å². The lowest BCUT2D eigenvalue weighted by Gasteiger charge is -2.35. The van der Waals surface area contributed by atoms with Crippen LogP contribution < -0.4 is 5.32 Å². The molecule has 126 valence electrons. The number of halogens is 1. The zero-order valence-corrected chi connectivity index (χ0v) is 14.2. The minimum absolute atomic E-state index is 0.0551. The van der Waals surface area contributed by atoms with Crippen molar-refractivity contribution in [2.24, 2.45) is 0 Å². The lowest BCUT2D eigenvalue weighted by molar-refractivity contribution is 0.0186. The number of nitriles is 1. The van der Waals surface area contributed by atoms with Gasteiger partial charge in [-0.3, -0.25) is 4.90 Å². The molecule has 1 N–H and O–H groups in total. The van der Waals surface area contributed by atoms with Crippen LogP contribution in [0.15, 0.2) is 28.7 Å². The number of ether oxygens (including phenoxy) is 1. The van der Waals surface area contributed by atoms with Crippen molar-refractivity contribution in [3.05, 3.63) is 46.4 Å². The van der Waals surface area contributed by atoms with Crippen molar-refractivity contribution in [2.75, 3.05) is 38.2 Å². The molecule has 24 heavy (non-hydrogen) atoms. The summed E-state index contributed by atoms with van der Waals surface area (Å²) >= 11 is 6.41. The smallest absolute Gasteiger partial charge is 0.232 e. The van der Waals surface area contributed by atoms with E-state index in [9.17, 15) is 0 Å². The summed E-state index contributed by atoms with van der Waals surface area (Å²) in [5.41, 5.74) is 1.32. The second-order valence-electron chi connectivity index (χ2n) is 5.59. The first kappa shape index (κ1) is 16.8. The number of rotatable bonds is 5. The maximum Gasteiger partial charge on any atom is 0.232 e. The number of aromatic nitrogens is 1. The topological polar surface area (TPSA) is 74.3 Å². The third-order valence-corrected chi connectivity index (χ3v) is 4.39. The fraction of sp³-hybridized carbons (Fsp3) is 0.412. The predicted octanol–water partition coefficient (Wildman–Crippen LogP) is 2.99. The fourth-order valence-corrected chi connectivity index (χ4v) is 3.14. The van der Waals surface area contributed by atoms with Crippen molar-refractivity contribution in [3.63, 3.8) is 0 Å². The number of hydrogen-bond acceptors (Lipinski definition) is 6. The Balaban J connectivity index is 1.82. The van der Waals surface area contributed by atoms with Crippen LogP contribution in [0.3, 0.4) is 0 Å². The number of nitrogens with one attached hydrogen (secondary N) is 1. The van der Waals surface area contributed by atoms with Gasteiger partial charge in [0, 0.05) is 31.6 Å². The van der Waals surface area contributed by atoms with Crippen LogP contribution in [0.2, 0.25) is 5.02 Å². The number of oxazole rings is 1. The Bertz CT molecular complexity index is 734. The van der Waals surface area contributed by atoms with E-state index in [0.717, 1.165) is 23.7 Å². The van der Waals surface area contributed by atoms with E-state index in [0.29, 0.717) is 31.5 Å². The van der Waals surface area contributed by atoms with Gasteiger partial charge in [0.2, 0.25) is 11.6 Å². The summed E-state index contributed by atoms with van der Waals surface area (Å²) in [4.78, 5) is 6.39. The number of benzene rings is 1. The Morgan fingerprint density at radius 2 is 2.12 bits per heavy atom. The van der Waals surface area contributed by atoms with Crippen LogP contribution in [0.1, 0.15) is 23.2 Å². The zero-order chi connectivity index (χ0) is 16.9. The molecule has 1 fully saturated rings. The van der Waals surface area contributed by atoms with Crippen molar-refractivity contribution in [2.45, 2.75) is 13.0 Å². The highest BCUT2D eigenvalue weighted by Gasteiger charge is 2.25. The van der Waals surface area contributed by atoms with Crippen LogP contribution >= 0.6 is 11.6 Å². The van der Waals surface area contributed by atoms with E-state index in [1.54, 1.807) is 6.92 Å². The molecule has 2 aromatic rings. The van der Waals surface area contributed by atoms with Crippen molar-refractivity contribution >= 4 is 17.5 Å². The maximum absolute atomic E-state index is 9.15. The lowest BCUT2D eigenvalue weighted by atomic mass is 10.0. The van der Waals surface area contributed by atoms with Crippen molar-refractivity contribution in [3.8, 4) is 6.07 Å². The first-order valence-electron chi connectivity index (χ1n) is 7.86. The molecule has 0 spiro atoms. The van der Waals surface area contributed by atoms with Crippen LogP contribution in [0.5, 0.6) is 0 Å². The average Bonchev–Trinajstić information content (AvgIpc) is 2.97. The van der Waals surface area contributed by atoms with Gasteiger partial charge in [0.1, 0.15) is 6.07 Å². The molecule has 0 radical (unpaired) electrons. The van der Waals surface area contributed by atoms with E-state index < -0.39 is 0 Å². The molecule has 1 aliphatic rings. The molecule has 0 bridgehead atoms. The third-order valence-electron chi connectivity index (χ3n) is 4.05. The van der Waals surface area contributed by atoms with Gasteiger partial charge >= 0.3 is 0 Å². The van der Waals surface area contributed by atoms with Crippen molar-refractivity contribution in [1.29, 1.82) is 5.26 Å². The highest BCUT2D eigenvalue weighted by atomic mass is 35.5. The summed E-state index contributed by atoms with van der Waals surface area (Å²) in [6.07, 6.45) is 0. The molecule has 7 heteroatoms. The van der Waals surface area contributed by atoms with Gasteiger partial charge in [-0.1, -0.05) is 29.8 Å². The molecular formula is C17H19ClN4O2. The SMILES string of the molecule is Cc1nc(C#N)c(NC[C@H](c2ccccc2Cl)N2CCOCC2)o1.